The maximum absolute atomic E-state index is 11.3. The van der Waals surface area contributed by atoms with Gasteiger partial charge in [0.25, 0.3) is 0 Å². The molecule has 2 rings (SSSR count). The summed E-state index contributed by atoms with van der Waals surface area (Å²) in [6.45, 7) is 4.13. The number of amides is 2. The van der Waals surface area contributed by atoms with Crippen LogP contribution in [0.15, 0.2) is 29.4 Å². The molecular formula is C13H17N3O3. The lowest BCUT2D eigenvalue weighted by atomic mass is 10.1. The lowest BCUT2D eigenvalue weighted by molar-refractivity contribution is 0.202. The third kappa shape index (κ3) is 3.37. The normalized spacial score (nSPS) is 15.5. The highest BCUT2D eigenvalue weighted by molar-refractivity contribution is 5.98. The molecule has 0 saturated carbocycles. The minimum atomic E-state index is -0.0411. The van der Waals surface area contributed by atoms with E-state index in [-0.39, 0.29) is 6.03 Å². The van der Waals surface area contributed by atoms with E-state index in [9.17, 15) is 4.79 Å². The average Bonchev–Trinajstić information content (AvgIpc) is 2.84. The Bertz CT molecular complexity index is 488. The van der Waals surface area contributed by atoms with Crippen molar-refractivity contribution >= 4 is 11.7 Å². The molecular weight excluding hydrogens is 246 g/mol. The summed E-state index contributed by atoms with van der Waals surface area (Å²) in [6.07, 6.45) is 0. The molecule has 0 radical (unpaired) electrons. The first kappa shape index (κ1) is 13.2. The summed E-state index contributed by atoms with van der Waals surface area (Å²) in [5.41, 5.74) is 1.34. The first-order valence-corrected chi connectivity index (χ1v) is 6.15. The van der Waals surface area contributed by atoms with Gasteiger partial charge >= 0.3 is 6.03 Å². The molecule has 1 aromatic carbocycles. The molecule has 1 aliphatic heterocycles. The Hall–Kier alpha value is -2.24. The molecule has 0 bridgehead atoms. The summed E-state index contributed by atoms with van der Waals surface area (Å²) in [6, 6.07) is 7.27. The maximum atomic E-state index is 11.3. The first-order chi connectivity index (χ1) is 9.20. The summed E-state index contributed by atoms with van der Waals surface area (Å²) in [5.74, 6) is 0.695. The zero-order valence-corrected chi connectivity index (χ0v) is 10.8. The molecule has 19 heavy (non-hydrogen) atoms. The summed E-state index contributed by atoms with van der Waals surface area (Å²) >= 11 is 0. The van der Waals surface area contributed by atoms with Gasteiger partial charge in [-0.1, -0.05) is 17.3 Å². The largest absolute Gasteiger partial charge is 0.492 e. The number of nitrogens with one attached hydrogen (secondary N) is 1. The van der Waals surface area contributed by atoms with Gasteiger partial charge in [-0.3, -0.25) is 0 Å². The van der Waals surface area contributed by atoms with Crippen LogP contribution in [0.5, 0.6) is 5.75 Å². The lowest BCUT2D eigenvalue weighted by Gasteiger charge is -2.14. The molecule has 6 heteroatoms. The zero-order chi connectivity index (χ0) is 13.7. The average molecular weight is 263 g/mol. The van der Waals surface area contributed by atoms with Gasteiger partial charge in [0.15, 0.2) is 0 Å². The highest BCUT2D eigenvalue weighted by Crippen LogP contribution is 2.14. The molecule has 1 aromatic rings. The quantitative estimate of drug-likeness (QED) is 0.477. The van der Waals surface area contributed by atoms with Gasteiger partial charge in [0.05, 0.1) is 12.3 Å². The zero-order valence-electron chi connectivity index (χ0n) is 10.8. The van der Waals surface area contributed by atoms with Crippen molar-refractivity contribution in [2.75, 3.05) is 26.2 Å². The fourth-order valence-electron chi connectivity index (χ4n) is 1.87. The van der Waals surface area contributed by atoms with Crippen molar-refractivity contribution in [2.24, 2.45) is 5.16 Å². The molecule has 0 atom stereocenters. The monoisotopic (exact) mass is 263 g/mol. The van der Waals surface area contributed by atoms with Crippen LogP contribution in [-0.2, 0) is 0 Å². The fraction of sp³-hybridized carbons (Fsp3) is 0.385. The number of oxime groups is 1. The van der Waals surface area contributed by atoms with Gasteiger partial charge < -0.3 is 20.2 Å². The second kappa shape index (κ2) is 6.08. The Morgan fingerprint density at radius 2 is 2.42 bits per heavy atom. The molecule has 0 aliphatic carbocycles. The number of hydrogen-bond donors (Lipinski definition) is 2. The Balaban J connectivity index is 1.87. The number of nitrogens with zero attached hydrogens (tertiary/aromatic N) is 2. The minimum absolute atomic E-state index is 0.0411. The molecule has 0 unspecified atom stereocenters. The van der Waals surface area contributed by atoms with E-state index >= 15 is 0 Å². The van der Waals surface area contributed by atoms with Gasteiger partial charge in [-0.05, 0) is 19.1 Å². The van der Waals surface area contributed by atoms with Crippen LogP contribution in [0.2, 0.25) is 0 Å². The van der Waals surface area contributed by atoms with Crippen molar-refractivity contribution in [1.29, 1.82) is 0 Å². The molecule has 0 aromatic heterocycles. The molecule has 6 nitrogen and oxygen atoms in total. The Kier molecular flexibility index (Phi) is 4.22. The van der Waals surface area contributed by atoms with E-state index in [1.165, 1.54) is 0 Å². The second-order valence-corrected chi connectivity index (χ2v) is 4.28. The van der Waals surface area contributed by atoms with Crippen LogP contribution in [0, 0.1) is 0 Å². The van der Waals surface area contributed by atoms with Crippen LogP contribution < -0.4 is 10.1 Å². The molecule has 1 fully saturated rings. The van der Waals surface area contributed by atoms with Crippen LogP contribution in [0.3, 0.4) is 0 Å². The van der Waals surface area contributed by atoms with Crippen LogP contribution in [-0.4, -0.2) is 48.1 Å². The van der Waals surface area contributed by atoms with E-state index < -0.39 is 0 Å². The molecule has 2 N–H and O–H groups in total. The number of ether oxygens (including phenoxy) is 1. The van der Waals surface area contributed by atoms with Crippen LogP contribution in [0.25, 0.3) is 0 Å². The standard InChI is InChI=1S/C13H17N3O3/c1-10(15-18)11-3-2-4-12(9-11)19-8-7-16-6-5-14-13(16)17/h2-4,9,18H,5-8H2,1H3,(H,14,17)/b15-10+. The van der Waals surface area contributed by atoms with Crippen molar-refractivity contribution in [3.8, 4) is 5.75 Å². The first-order valence-electron chi connectivity index (χ1n) is 6.15. The predicted octanol–water partition coefficient (Wildman–Crippen LogP) is 1.29. The fourth-order valence-corrected chi connectivity index (χ4v) is 1.87. The van der Waals surface area contributed by atoms with Crippen molar-refractivity contribution < 1.29 is 14.7 Å². The van der Waals surface area contributed by atoms with E-state index in [0.29, 0.717) is 31.2 Å². The van der Waals surface area contributed by atoms with Crippen molar-refractivity contribution in [3.63, 3.8) is 0 Å². The van der Waals surface area contributed by atoms with Crippen LogP contribution in [0.1, 0.15) is 12.5 Å². The third-order valence-electron chi connectivity index (χ3n) is 2.98. The summed E-state index contributed by atoms with van der Waals surface area (Å²) in [7, 11) is 0. The molecule has 2 amide bonds. The summed E-state index contributed by atoms with van der Waals surface area (Å²) in [5, 5.41) is 14.6. The Morgan fingerprint density at radius 3 is 3.11 bits per heavy atom. The number of carbonyl (C=O) groups excluding carboxylic acids is 1. The van der Waals surface area contributed by atoms with Gasteiger partial charge in [0.2, 0.25) is 0 Å². The topological polar surface area (TPSA) is 74.2 Å². The van der Waals surface area contributed by atoms with Crippen molar-refractivity contribution in [1.82, 2.24) is 10.2 Å². The SMILES string of the molecule is C/C(=N\O)c1cccc(OCCN2CCNC2=O)c1. The minimum Gasteiger partial charge on any atom is -0.492 e. The van der Waals surface area contributed by atoms with Gasteiger partial charge in [0.1, 0.15) is 12.4 Å². The van der Waals surface area contributed by atoms with E-state index in [1.54, 1.807) is 17.9 Å². The smallest absolute Gasteiger partial charge is 0.317 e. The van der Waals surface area contributed by atoms with Gasteiger partial charge in [0, 0.05) is 18.7 Å². The molecule has 1 aliphatic rings. The van der Waals surface area contributed by atoms with Crippen LogP contribution in [0.4, 0.5) is 4.79 Å². The van der Waals surface area contributed by atoms with Gasteiger partial charge in [-0.15, -0.1) is 0 Å². The summed E-state index contributed by atoms with van der Waals surface area (Å²) < 4.78 is 5.59. The molecule has 1 heterocycles. The number of benzene rings is 1. The molecule has 0 spiro atoms. The Morgan fingerprint density at radius 1 is 1.58 bits per heavy atom. The van der Waals surface area contributed by atoms with Crippen molar-refractivity contribution in [2.45, 2.75) is 6.92 Å². The maximum Gasteiger partial charge on any atom is 0.317 e. The van der Waals surface area contributed by atoms with Gasteiger partial charge in [-0.25, -0.2) is 4.79 Å². The number of carbonyl (C=O) groups is 1. The number of urea groups is 1. The molecule has 1 saturated heterocycles. The highest BCUT2D eigenvalue weighted by Gasteiger charge is 2.18. The number of rotatable bonds is 5. The van der Waals surface area contributed by atoms with Gasteiger partial charge in [-0.2, -0.15) is 0 Å². The Labute approximate surface area is 111 Å². The second-order valence-electron chi connectivity index (χ2n) is 4.28. The van der Waals surface area contributed by atoms with E-state index in [4.69, 9.17) is 9.94 Å². The van der Waals surface area contributed by atoms with Crippen molar-refractivity contribution in [3.05, 3.63) is 29.8 Å². The third-order valence-corrected chi connectivity index (χ3v) is 2.98. The number of hydrogen-bond acceptors (Lipinski definition) is 4. The van der Waals surface area contributed by atoms with E-state index in [2.05, 4.69) is 10.5 Å². The summed E-state index contributed by atoms with van der Waals surface area (Å²) in [4.78, 5) is 13.0. The highest BCUT2D eigenvalue weighted by atomic mass is 16.5. The molecule has 102 valence electrons. The van der Waals surface area contributed by atoms with E-state index in [0.717, 1.165) is 12.1 Å². The van der Waals surface area contributed by atoms with Crippen LogP contribution >= 0.6 is 0 Å². The predicted molar refractivity (Wildman–Crippen MR) is 70.9 cm³/mol. The van der Waals surface area contributed by atoms with E-state index in [1.807, 2.05) is 18.2 Å². The lowest BCUT2D eigenvalue weighted by Crippen LogP contribution is -2.31.